The first-order valence-electron chi connectivity index (χ1n) is 7.53. The number of aliphatic hydroxyl groups is 1. The van der Waals surface area contributed by atoms with Gasteiger partial charge in [-0.3, -0.25) is 0 Å². The molecule has 0 unspecified atom stereocenters. The number of hydrogen-bond acceptors (Lipinski definition) is 4. The summed E-state index contributed by atoms with van der Waals surface area (Å²) in [5.41, 5.74) is 0.405. The van der Waals surface area contributed by atoms with Crippen molar-refractivity contribution in [1.29, 1.82) is 0 Å². The molecule has 1 fully saturated rings. The minimum absolute atomic E-state index is 0.551. The van der Waals surface area contributed by atoms with Crippen molar-refractivity contribution in [1.82, 2.24) is 0 Å². The second-order valence-corrected chi connectivity index (χ2v) is 5.31. The maximum atomic E-state index is 10.3. The minimum atomic E-state index is -0.551. The Morgan fingerprint density at radius 3 is 2.40 bits per heavy atom. The molecule has 0 amide bonds. The molecule has 0 radical (unpaired) electrons. The summed E-state index contributed by atoms with van der Waals surface area (Å²) < 4.78 is 11.1. The fraction of sp³-hybridized carbons (Fsp3) is 0.625. The Bertz CT molecular complexity index is 428. The molecule has 0 bridgehead atoms. The lowest BCUT2D eigenvalue weighted by molar-refractivity contribution is 0.0614. The van der Waals surface area contributed by atoms with Crippen molar-refractivity contribution >= 4 is 5.69 Å². The molecule has 20 heavy (non-hydrogen) atoms. The molecule has 0 spiro atoms. The Morgan fingerprint density at radius 1 is 1.10 bits per heavy atom. The summed E-state index contributed by atoms with van der Waals surface area (Å²) in [5, 5.41) is 13.7. The number of ether oxygens (including phenoxy) is 2. The van der Waals surface area contributed by atoms with E-state index in [1.54, 1.807) is 0 Å². The third-order valence-electron chi connectivity index (χ3n) is 3.70. The van der Waals surface area contributed by atoms with Crippen LogP contribution in [0.2, 0.25) is 0 Å². The van der Waals surface area contributed by atoms with E-state index in [-0.39, 0.29) is 0 Å². The van der Waals surface area contributed by atoms with E-state index in [4.69, 9.17) is 9.47 Å². The number of rotatable bonds is 7. The number of anilines is 1. The van der Waals surface area contributed by atoms with Crippen molar-refractivity contribution in [3.05, 3.63) is 18.2 Å². The largest absolute Gasteiger partial charge is 0.490 e. The summed E-state index contributed by atoms with van der Waals surface area (Å²) in [7, 11) is 0. The lowest BCUT2D eigenvalue weighted by Crippen LogP contribution is -2.33. The van der Waals surface area contributed by atoms with Crippen molar-refractivity contribution in [3.8, 4) is 11.5 Å². The molecule has 1 aromatic rings. The highest BCUT2D eigenvalue weighted by Crippen LogP contribution is 2.33. The first-order valence-corrected chi connectivity index (χ1v) is 7.53. The average molecular weight is 279 g/mol. The topological polar surface area (TPSA) is 50.7 Å². The van der Waals surface area contributed by atoms with Crippen LogP contribution in [0.25, 0.3) is 0 Å². The van der Waals surface area contributed by atoms with Gasteiger partial charge in [-0.05, 0) is 38.8 Å². The molecule has 1 aliphatic rings. The first-order chi connectivity index (χ1) is 9.67. The van der Waals surface area contributed by atoms with Gasteiger partial charge in [0.15, 0.2) is 11.5 Å². The third kappa shape index (κ3) is 3.79. The second kappa shape index (κ2) is 6.84. The van der Waals surface area contributed by atoms with Gasteiger partial charge < -0.3 is 19.9 Å². The molecule has 4 heteroatoms. The lowest BCUT2D eigenvalue weighted by Gasteiger charge is -2.23. The van der Waals surface area contributed by atoms with Gasteiger partial charge >= 0.3 is 0 Å². The van der Waals surface area contributed by atoms with Crippen molar-refractivity contribution in [2.24, 2.45) is 0 Å². The zero-order chi connectivity index (χ0) is 14.4. The summed E-state index contributed by atoms with van der Waals surface area (Å²) in [6.07, 6.45) is 4.00. The van der Waals surface area contributed by atoms with Gasteiger partial charge in [-0.1, -0.05) is 12.8 Å². The van der Waals surface area contributed by atoms with E-state index < -0.39 is 5.60 Å². The van der Waals surface area contributed by atoms with E-state index in [1.165, 1.54) is 0 Å². The van der Waals surface area contributed by atoms with E-state index >= 15 is 0 Å². The third-order valence-corrected chi connectivity index (χ3v) is 3.70. The van der Waals surface area contributed by atoms with E-state index in [9.17, 15) is 5.11 Å². The standard InChI is InChI=1S/C16H25NO3/c1-3-19-14-8-7-13(11-15(14)20-4-2)17-12-16(18)9-5-6-10-16/h7-8,11,17-18H,3-6,9-10,12H2,1-2H3. The van der Waals surface area contributed by atoms with E-state index in [2.05, 4.69) is 5.32 Å². The van der Waals surface area contributed by atoms with Crippen molar-refractivity contribution in [2.75, 3.05) is 25.1 Å². The molecular weight excluding hydrogens is 254 g/mol. The predicted octanol–water partition coefficient (Wildman–Crippen LogP) is 3.20. The zero-order valence-corrected chi connectivity index (χ0v) is 12.4. The van der Waals surface area contributed by atoms with Gasteiger partial charge in [-0.15, -0.1) is 0 Å². The minimum Gasteiger partial charge on any atom is -0.490 e. The maximum Gasteiger partial charge on any atom is 0.163 e. The maximum absolute atomic E-state index is 10.3. The average Bonchev–Trinajstić information content (AvgIpc) is 2.87. The van der Waals surface area contributed by atoms with Crippen LogP contribution in [0, 0.1) is 0 Å². The van der Waals surface area contributed by atoms with Crippen molar-refractivity contribution < 1.29 is 14.6 Å². The summed E-state index contributed by atoms with van der Waals surface area (Å²) >= 11 is 0. The van der Waals surface area contributed by atoms with Crippen LogP contribution in [0.15, 0.2) is 18.2 Å². The van der Waals surface area contributed by atoms with Crippen LogP contribution < -0.4 is 14.8 Å². The lowest BCUT2D eigenvalue weighted by atomic mass is 10.0. The van der Waals surface area contributed by atoms with Gasteiger partial charge in [-0.2, -0.15) is 0 Å². The van der Waals surface area contributed by atoms with Gasteiger partial charge in [-0.25, -0.2) is 0 Å². The summed E-state index contributed by atoms with van der Waals surface area (Å²) in [6.45, 7) is 5.72. The molecule has 2 N–H and O–H groups in total. The summed E-state index contributed by atoms with van der Waals surface area (Å²) in [4.78, 5) is 0. The smallest absolute Gasteiger partial charge is 0.163 e. The Labute approximate surface area is 121 Å². The van der Waals surface area contributed by atoms with Gasteiger partial charge in [0, 0.05) is 18.3 Å². The number of hydrogen-bond donors (Lipinski definition) is 2. The molecule has 4 nitrogen and oxygen atoms in total. The van der Waals surface area contributed by atoms with Gasteiger partial charge in [0.2, 0.25) is 0 Å². The molecule has 2 rings (SSSR count). The summed E-state index contributed by atoms with van der Waals surface area (Å²) in [6, 6.07) is 5.81. The number of nitrogens with one attached hydrogen (secondary N) is 1. The molecule has 1 aromatic carbocycles. The predicted molar refractivity (Wildman–Crippen MR) is 80.7 cm³/mol. The molecule has 0 aromatic heterocycles. The molecule has 0 heterocycles. The second-order valence-electron chi connectivity index (χ2n) is 5.31. The van der Waals surface area contributed by atoms with Crippen molar-refractivity contribution in [3.63, 3.8) is 0 Å². The Hall–Kier alpha value is -1.42. The van der Waals surface area contributed by atoms with Crippen LogP contribution in [0.1, 0.15) is 39.5 Å². The Morgan fingerprint density at radius 2 is 1.75 bits per heavy atom. The highest BCUT2D eigenvalue weighted by molar-refractivity contribution is 5.55. The molecule has 0 atom stereocenters. The number of benzene rings is 1. The van der Waals surface area contributed by atoms with Crippen LogP contribution in [-0.4, -0.2) is 30.5 Å². The fourth-order valence-electron chi connectivity index (χ4n) is 2.64. The fourth-order valence-corrected chi connectivity index (χ4v) is 2.64. The quantitative estimate of drug-likeness (QED) is 0.804. The highest BCUT2D eigenvalue weighted by atomic mass is 16.5. The molecular formula is C16H25NO3. The Balaban J connectivity index is 2.02. The van der Waals surface area contributed by atoms with Crippen molar-refractivity contribution in [2.45, 2.75) is 45.1 Å². The van der Waals surface area contributed by atoms with E-state index in [1.807, 2.05) is 32.0 Å². The highest BCUT2D eigenvalue weighted by Gasteiger charge is 2.30. The normalized spacial score (nSPS) is 16.9. The SMILES string of the molecule is CCOc1ccc(NCC2(O)CCCC2)cc1OCC. The molecule has 112 valence electrons. The van der Waals surface area contributed by atoms with Crippen LogP contribution in [0.4, 0.5) is 5.69 Å². The van der Waals surface area contributed by atoms with Crippen LogP contribution in [0.3, 0.4) is 0 Å². The first kappa shape index (κ1) is 15.0. The van der Waals surface area contributed by atoms with Crippen LogP contribution in [0.5, 0.6) is 11.5 Å². The van der Waals surface area contributed by atoms with Gasteiger partial charge in [0.1, 0.15) is 0 Å². The van der Waals surface area contributed by atoms with E-state index in [0.717, 1.165) is 42.9 Å². The zero-order valence-electron chi connectivity index (χ0n) is 12.4. The van der Waals surface area contributed by atoms with E-state index in [0.29, 0.717) is 19.8 Å². The Kier molecular flexibility index (Phi) is 5.12. The molecule has 1 saturated carbocycles. The van der Waals surface area contributed by atoms with Gasteiger partial charge in [0.05, 0.1) is 18.8 Å². The molecule has 0 saturated heterocycles. The van der Waals surface area contributed by atoms with Crippen LogP contribution >= 0.6 is 0 Å². The molecule has 0 aliphatic heterocycles. The summed E-state index contributed by atoms with van der Waals surface area (Å²) in [5.74, 6) is 1.51. The monoisotopic (exact) mass is 279 g/mol. The molecule has 1 aliphatic carbocycles. The van der Waals surface area contributed by atoms with Crippen LogP contribution in [-0.2, 0) is 0 Å². The van der Waals surface area contributed by atoms with Gasteiger partial charge in [0.25, 0.3) is 0 Å².